The Hall–Kier alpha value is -6.96. The average molecular weight is 763 g/mol. The van der Waals surface area contributed by atoms with E-state index >= 15 is 0 Å². The predicted octanol–water partition coefficient (Wildman–Crippen LogP) is 7.41. The maximum Gasteiger partial charge on any atom is 0.269 e. The number of aryl methyl sites for hydroxylation is 1. The van der Waals surface area contributed by atoms with Crippen LogP contribution in [0, 0.1) is 16.0 Å². The summed E-state index contributed by atoms with van der Waals surface area (Å²) in [6.07, 6.45) is 5.83. The minimum absolute atomic E-state index is 0.0133. The Morgan fingerprint density at radius 1 is 0.895 bits per heavy atom. The van der Waals surface area contributed by atoms with E-state index in [2.05, 4.69) is 10.3 Å². The maximum absolute atomic E-state index is 14.4. The van der Waals surface area contributed by atoms with Gasteiger partial charge in [0.2, 0.25) is 0 Å². The Bertz CT molecular complexity index is 2520. The zero-order valence-electron chi connectivity index (χ0n) is 30.9. The fraction of sp³-hybridized carbons (Fsp3) is 0.182. The second-order valence-corrected chi connectivity index (χ2v) is 14.1. The summed E-state index contributed by atoms with van der Waals surface area (Å²) >= 11 is 0. The fourth-order valence-corrected chi connectivity index (χ4v) is 7.53. The Morgan fingerprint density at radius 2 is 1.65 bits per heavy atom. The second kappa shape index (κ2) is 15.3. The molecule has 0 bridgehead atoms. The first-order valence-corrected chi connectivity index (χ1v) is 18.5. The van der Waals surface area contributed by atoms with Crippen LogP contribution in [0.25, 0.3) is 0 Å². The number of carbonyl (C=O) groups excluding carboxylic acids is 2. The van der Waals surface area contributed by atoms with Gasteiger partial charge in [0.05, 0.1) is 46.6 Å². The van der Waals surface area contributed by atoms with Crippen molar-refractivity contribution in [2.75, 3.05) is 16.4 Å². The van der Waals surface area contributed by atoms with Crippen molar-refractivity contribution >= 4 is 34.6 Å². The summed E-state index contributed by atoms with van der Waals surface area (Å²) in [5, 5.41) is 42.7. The molecular weight excluding hydrogens is 725 g/mol. The normalized spacial score (nSPS) is 17.1. The Kier molecular flexibility index (Phi) is 9.92. The summed E-state index contributed by atoms with van der Waals surface area (Å²) < 4.78 is 7.83. The van der Waals surface area contributed by atoms with Gasteiger partial charge in [-0.25, -0.2) is 0 Å². The van der Waals surface area contributed by atoms with Crippen molar-refractivity contribution in [1.82, 2.24) is 15.0 Å². The molecule has 0 saturated carbocycles. The van der Waals surface area contributed by atoms with Gasteiger partial charge in [0.15, 0.2) is 11.4 Å². The summed E-state index contributed by atoms with van der Waals surface area (Å²) in [6.45, 7) is 2.04. The summed E-state index contributed by atoms with van der Waals surface area (Å²) in [7, 11) is 0. The molecule has 2 amide bonds. The van der Waals surface area contributed by atoms with Gasteiger partial charge < -0.3 is 19.8 Å². The molecule has 3 heterocycles. The number of fused-ring (bicyclic) bond motifs is 3. The number of benzene rings is 5. The van der Waals surface area contributed by atoms with E-state index in [0.29, 0.717) is 58.3 Å². The van der Waals surface area contributed by atoms with E-state index in [1.807, 2.05) is 54.6 Å². The fourth-order valence-electron chi connectivity index (χ4n) is 7.53. The van der Waals surface area contributed by atoms with Crippen LogP contribution in [-0.4, -0.2) is 48.6 Å². The smallest absolute Gasteiger partial charge is 0.269 e. The molecule has 0 radical (unpaired) electrons. The molecule has 13 heteroatoms. The Labute approximate surface area is 327 Å². The standard InChI is InChI=1S/C44H38N6O7/c1-29(12-9-10-23-47-27-37(45-46-47)35(28-51)31-14-3-2-4-15-31)44(54)36-25-33(50(55)56)21-22-38(36)48(43(44)53)26-30-13-11-16-32(24-30)49-39-18-6-8-20-41(39)57-40-19-7-5-17-34(40)42(49)52/h2-9,11-22,24-25,27,29,35,51,54H,10,23,26,28H2,1H3/b12-9+/t29-,35?,44+/m0/s1. The number of nitrogens with zero attached hydrogens (tertiary/aromatic N) is 6. The van der Waals surface area contributed by atoms with E-state index in [4.69, 9.17) is 4.74 Å². The van der Waals surface area contributed by atoms with Crippen LogP contribution in [0.2, 0.25) is 0 Å². The van der Waals surface area contributed by atoms with Crippen molar-refractivity contribution in [2.24, 2.45) is 5.92 Å². The number of non-ortho nitro benzene ring substituents is 1. The van der Waals surface area contributed by atoms with E-state index in [1.165, 1.54) is 23.1 Å². The predicted molar refractivity (Wildman–Crippen MR) is 212 cm³/mol. The van der Waals surface area contributed by atoms with Gasteiger partial charge in [-0.1, -0.05) is 91.0 Å². The number of allylic oxidation sites excluding steroid dienone is 1. The lowest BCUT2D eigenvalue weighted by atomic mass is 9.82. The van der Waals surface area contributed by atoms with E-state index in [1.54, 1.807) is 83.4 Å². The van der Waals surface area contributed by atoms with E-state index in [9.17, 15) is 29.9 Å². The third-order valence-corrected chi connectivity index (χ3v) is 10.5. The molecule has 1 aromatic heterocycles. The lowest BCUT2D eigenvalue weighted by molar-refractivity contribution is -0.385. The molecule has 0 aliphatic carbocycles. The second-order valence-electron chi connectivity index (χ2n) is 14.1. The highest BCUT2D eigenvalue weighted by molar-refractivity contribution is 6.14. The SMILES string of the molecule is C[C@@H](/C=C/CCn1cc(C(CO)c2ccccc2)nn1)[C@]1(O)C(=O)N(Cc2cccc(N3C(=O)c4ccccc4Oc4ccccc43)c2)c2ccc([N+](=O)[O-])cc21. The zero-order valence-corrected chi connectivity index (χ0v) is 30.9. The summed E-state index contributed by atoms with van der Waals surface area (Å²) in [5.74, 6) is -1.07. The van der Waals surface area contributed by atoms with Gasteiger partial charge in [-0.05, 0) is 60.0 Å². The van der Waals surface area contributed by atoms with E-state index in [0.717, 1.165) is 5.56 Å². The molecule has 2 aliphatic rings. The number of carbonyl (C=O) groups is 2. The van der Waals surface area contributed by atoms with Crippen LogP contribution >= 0.6 is 0 Å². The van der Waals surface area contributed by atoms with Gasteiger partial charge in [0.1, 0.15) is 5.75 Å². The first-order chi connectivity index (χ1) is 27.7. The molecule has 6 aromatic rings. The molecule has 8 rings (SSSR count). The highest BCUT2D eigenvalue weighted by atomic mass is 16.6. The number of amides is 2. The lowest BCUT2D eigenvalue weighted by Crippen LogP contribution is -2.44. The van der Waals surface area contributed by atoms with Gasteiger partial charge in [-0.2, -0.15) is 0 Å². The number of rotatable bonds is 12. The van der Waals surface area contributed by atoms with Gasteiger partial charge in [-0.15, -0.1) is 5.10 Å². The quantitative estimate of drug-likeness (QED) is 0.0734. The molecule has 286 valence electrons. The van der Waals surface area contributed by atoms with Gasteiger partial charge in [0.25, 0.3) is 17.5 Å². The molecular formula is C44H38N6O7. The van der Waals surface area contributed by atoms with Gasteiger partial charge in [0, 0.05) is 42.0 Å². The number of aliphatic hydroxyl groups is 2. The Balaban J connectivity index is 1.04. The van der Waals surface area contributed by atoms with Crippen molar-refractivity contribution in [3.05, 3.63) is 178 Å². The third kappa shape index (κ3) is 6.83. The van der Waals surface area contributed by atoms with Crippen LogP contribution in [0.1, 0.15) is 52.0 Å². The topological polar surface area (TPSA) is 164 Å². The number of ether oxygens (including phenoxy) is 1. The first kappa shape index (κ1) is 37.0. The molecule has 0 saturated heterocycles. The average Bonchev–Trinajstić information content (AvgIpc) is 3.74. The van der Waals surface area contributed by atoms with Crippen molar-refractivity contribution in [1.29, 1.82) is 0 Å². The highest BCUT2D eigenvalue weighted by Crippen LogP contribution is 2.48. The molecule has 3 atom stereocenters. The lowest BCUT2D eigenvalue weighted by Gasteiger charge is -2.28. The first-order valence-electron chi connectivity index (χ1n) is 18.5. The molecule has 0 fully saturated rings. The minimum Gasteiger partial charge on any atom is -0.454 e. The number of para-hydroxylation sites is 3. The van der Waals surface area contributed by atoms with Crippen molar-refractivity contribution < 1.29 is 29.5 Å². The van der Waals surface area contributed by atoms with Gasteiger partial charge >= 0.3 is 0 Å². The van der Waals surface area contributed by atoms with E-state index in [-0.39, 0.29) is 36.2 Å². The molecule has 1 unspecified atom stereocenters. The number of hydrogen-bond donors (Lipinski definition) is 2. The number of anilines is 3. The number of aliphatic hydroxyl groups excluding tert-OH is 1. The number of hydrogen-bond acceptors (Lipinski definition) is 9. The monoisotopic (exact) mass is 762 g/mol. The molecule has 0 spiro atoms. The van der Waals surface area contributed by atoms with Crippen LogP contribution in [-0.2, 0) is 23.5 Å². The number of aromatic nitrogens is 3. The Morgan fingerprint density at radius 3 is 2.44 bits per heavy atom. The molecule has 5 aromatic carbocycles. The number of nitro groups is 1. The van der Waals surface area contributed by atoms with Crippen molar-refractivity contribution in [3.8, 4) is 11.5 Å². The molecule has 13 nitrogen and oxygen atoms in total. The van der Waals surface area contributed by atoms with Crippen LogP contribution in [0.15, 0.2) is 140 Å². The summed E-state index contributed by atoms with van der Waals surface area (Å²) in [5.41, 5.74) is 1.83. The zero-order chi connectivity index (χ0) is 39.7. The number of nitro benzene ring substituents is 1. The van der Waals surface area contributed by atoms with Crippen LogP contribution < -0.4 is 14.5 Å². The van der Waals surface area contributed by atoms with Crippen molar-refractivity contribution in [3.63, 3.8) is 0 Å². The summed E-state index contributed by atoms with van der Waals surface area (Å²) in [6, 6.07) is 35.1. The van der Waals surface area contributed by atoms with Crippen LogP contribution in [0.5, 0.6) is 11.5 Å². The van der Waals surface area contributed by atoms with Gasteiger partial charge in [-0.3, -0.25) is 29.3 Å². The van der Waals surface area contributed by atoms with E-state index < -0.39 is 22.3 Å². The molecule has 57 heavy (non-hydrogen) atoms. The van der Waals surface area contributed by atoms with Crippen molar-refractivity contribution in [2.45, 2.75) is 38.0 Å². The molecule has 2 aliphatic heterocycles. The largest absolute Gasteiger partial charge is 0.454 e. The third-order valence-electron chi connectivity index (χ3n) is 10.5. The van der Waals surface area contributed by atoms with Crippen LogP contribution in [0.4, 0.5) is 22.7 Å². The highest BCUT2D eigenvalue weighted by Gasteiger charge is 2.53. The van der Waals surface area contributed by atoms with Crippen LogP contribution in [0.3, 0.4) is 0 Å². The molecule has 2 N–H and O–H groups in total. The maximum atomic E-state index is 14.4. The summed E-state index contributed by atoms with van der Waals surface area (Å²) in [4.78, 5) is 42.8. The minimum atomic E-state index is -2.11.